The number of fused-ring (bicyclic) bond motifs is 1. The van der Waals surface area contributed by atoms with Crippen molar-refractivity contribution < 1.29 is 4.79 Å². The van der Waals surface area contributed by atoms with E-state index in [1.807, 2.05) is 17.3 Å². The number of aldehydes is 1. The van der Waals surface area contributed by atoms with E-state index in [2.05, 4.69) is 23.3 Å². The minimum Gasteiger partial charge on any atom is -0.299 e. The predicted molar refractivity (Wildman–Crippen MR) is 66.5 cm³/mol. The van der Waals surface area contributed by atoms with Gasteiger partial charge in [-0.05, 0) is 36.0 Å². The highest BCUT2D eigenvalue weighted by molar-refractivity contribution is 5.83. The fourth-order valence-electron chi connectivity index (χ4n) is 2.38. The number of hydrazone groups is 1. The molecule has 1 saturated carbocycles. The number of allylic oxidation sites excluding steroid dienone is 1. The first kappa shape index (κ1) is 10.3. The highest BCUT2D eigenvalue weighted by Crippen LogP contribution is 2.46. The second-order valence-corrected chi connectivity index (χ2v) is 4.51. The van der Waals surface area contributed by atoms with Crippen LogP contribution < -0.4 is 0 Å². The normalized spacial score (nSPS) is 22.8. The first-order chi connectivity index (χ1) is 8.40. The highest BCUT2D eigenvalue weighted by atomic mass is 16.1. The number of hydrogen-bond acceptors (Lipinski definition) is 3. The van der Waals surface area contributed by atoms with Gasteiger partial charge in [0.05, 0.1) is 12.3 Å². The van der Waals surface area contributed by atoms with Crippen LogP contribution in [0, 0.1) is 5.92 Å². The van der Waals surface area contributed by atoms with Gasteiger partial charge in [-0.15, -0.1) is 0 Å². The van der Waals surface area contributed by atoms with E-state index >= 15 is 0 Å². The molecule has 0 N–H and O–H groups in total. The van der Waals surface area contributed by atoms with Crippen LogP contribution >= 0.6 is 0 Å². The summed E-state index contributed by atoms with van der Waals surface area (Å²) in [5.74, 6) is 0.671. The summed E-state index contributed by atoms with van der Waals surface area (Å²) in [5, 5.41) is 6.32. The van der Waals surface area contributed by atoms with Crippen LogP contribution in [0.5, 0.6) is 0 Å². The summed E-state index contributed by atoms with van der Waals surface area (Å²) < 4.78 is 0. The van der Waals surface area contributed by atoms with Gasteiger partial charge in [-0.1, -0.05) is 24.3 Å². The van der Waals surface area contributed by atoms with E-state index in [4.69, 9.17) is 0 Å². The molecule has 0 bridgehead atoms. The minimum absolute atomic E-state index is 0.299. The molecule has 1 fully saturated rings. The molecular formula is C14H14N2O. The van der Waals surface area contributed by atoms with Crippen LogP contribution in [-0.4, -0.2) is 17.5 Å². The molecule has 1 heterocycles. The largest absolute Gasteiger partial charge is 0.299 e. The fraction of sp³-hybridized carbons (Fsp3) is 0.286. The Balaban J connectivity index is 1.99. The highest BCUT2D eigenvalue weighted by Gasteiger charge is 2.37. The molecule has 1 aromatic carbocycles. The van der Waals surface area contributed by atoms with Crippen molar-refractivity contribution in [2.75, 3.05) is 0 Å². The lowest BCUT2D eigenvalue weighted by molar-refractivity contribution is -0.104. The van der Waals surface area contributed by atoms with Crippen molar-refractivity contribution in [2.24, 2.45) is 11.0 Å². The van der Waals surface area contributed by atoms with Gasteiger partial charge < -0.3 is 0 Å². The third-order valence-corrected chi connectivity index (χ3v) is 3.32. The smallest absolute Gasteiger partial charge is 0.144 e. The van der Waals surface area contributed by atoms with Crippen LogP contribution in [0.4, 0.5) is 0 Å². The molecule has 1 aliphatic carbocycles. The van der Waals surface area contributed by atoms with Gasteiger partial charge >= 0.3 is 0 Å². The lowest BCUT2D eigenvalue weighted by atomic mass is 9.96. The molecule has 1 aliphatic heterocycles. The number of hydrogen-bond donors (Lipinski definition) is 0. The molecule has 2 aliphatic rings. The molecule has 0 spiro atoms. The maximum atomic E-state index is 10.4. The topological polar surface area (TPSA) is 32.7 Å². The number of carbonyl (C=O) groups is 1. The van der Waals surface area contributed by atoms with Crippen molar-refractivity contribution in [3.63, 3.8) is 0 Å². The standard InChI is InChI=1S/C14H14N2O/c17-9-3-8-16-14(11-6-7-11)13-5-2-1-4-12(13)10-15-16/h1-5,8-11,14H,6-7H2/t14-/m1/s1. The maximum absolute atomic E-state index is 10.4. The molecule has 0 saturated heterocycles. The molecule has 86 valence electrons. The summed E-state index contributed by atoms with van der Waals surface area (Å²) >= 11 is 0. The van der Waals surface area contributed by atoms with Gasteiger partial charge in [-0.2, -0.15) is 5.10 Å². The van der Waals surface area contributed by atoms with E-state index in [0.29, 0.717) is 12.0 Å². The minimum atomic E-state index is 0.299. The van der Waals surface area contributed by atoms with E-state index in [1.54, 1.807) is 6.20 Å². The number of carbonyl (C=O) groups excluding carboxylic acids is 1. The Hall–Kier alpha value is -1.90. The molecule has 1 atom stereocenters. The maximum Gasteiger partial charge on any atom is 0.144 e. The van der Waals surface area contributed by atoms with Crippen molar-refractivity contribution in [1.82, 2.24) is 5.01 Å². The molecule has 3 rings (SSSR count). The van der Waals surface area contributed by atoms with Crippen LogP contribution in [0.25, 0.3) is 0 Å². The molecule has 0 unspecified atom stereocenters. The van der Waals surface area contributed by atoms with E-state index in [1.165, 1.54) is 30.0 Å². The lowest BCUT2D eigenvalue weighted by Gasteiger charge is -2.31. The Kier molecular flexibility index (Phi) is 2.52. The average Bonchev–Trinajstić information content (AvgIpc) is 3.19. The SMILES string of the molecule is O=CC=CN1N=Cc2ccccc2[C@H]1C1CC1. The van der Waals surface area contributed by atoms with E-state index in [0.717, 1.165) is 6.29 Å². The summed E-state index contributed by atoms with van der Waals surface area (Å²) in [7, 11) is 0. The molecule has 0 radical (unpaired) electrons. The zero-order chi connectivity index (χ0) is 11.7. The van der Waals surface area contributed by atoms with Gasteiger partial charge in [0.2, 0.25) is 0 Å². The third kappa shape index (κ3) is 1.88. The van der Waals surface area contributed by atoms with Crippen molar-refractivity contribution in [3.05, 3.63) is 47.7 Å². The summed E-state index contributed by atoms with van der Waals surface area (Å²) in [5.41, 5.74) is 2.51. The molecule has 3 heteroatoms. The summed E-state index contributed by atoms with van der Waals surface area (Å²) in [6.07, 6.45) is 8.42. The predicted octanol–water partition coefficient (Wildman–Crippen LogP) is 2.50. The lowest BCUT2D eigenvalue weighted by Crippen LogP contribution is -2.25. The van der Waals surface area contributed by atoms with Gasteiger partial charge in [0, 0.05) is 6.20 Å². The Morgan fingerprint density at radius 1 is 1.29 bits per heavy atom. The van der Waals surface area contributed by atoms with Crippen LogP contribution in [0.15, 0.2) is 41.6 Å². The summed E-state index contributed by atoms with van der Waals surface area (Å²) in [6.45, 7) is 0. The van der Waals surface area contributed by atoms with Crippen molar-refractivity contribution in [1.29, 1.82) is 0 Å². The molecular weight excluding hydrogens is 212 g/mol. The molecule has 17 heavy (non-hydrogen) atoms. The molecule has 0 aromatic heterocycles. The fourth-order valence-corrected chi connectivity index (χ4v) is 2.38. The summed E-state index contributed by atoms with van der Waals surface area (Å²) in [6, 6.07) is 8.65. The third-order valence-electron chi connectivity index (χ3n) is 3.32. The second kappa shape index (κ2) is 4.17. The van der Waals surface area contributed by atoms with Gasteiger partial charge in [0.25, 0.3) is 0 Å². The molecule has 3 nitrogen and oxygen atoms in total. The second-order valence-electron chi connectivity index (χ2n) is 4.51. The first-order valence-electron chi connectivity index (χ1n) is 5.93. The van der Waals surface area contributed by atoms with Crippen molar-refractivity contribution in [2.45, 2.75) is 18.9 Å². The summed E-state index contributed by atoms with van der Waals surface area (Å²) in [4.78, 5) is 10.4. The zero-order valence-electron chi connectivity index (χ0n) is 9.49. The number of rotatable bonds is 3. The number of nitrogens with zero attached hydrogens (tertiary/aromatic N) is 2. The van der Waals surface area contributed by atoms with E-state index in [-0.39, 0.29) is 0 Å². The molecule has 1 aromatic rings. The Morgan fingerprint density at radius 2 is 2.12 bits per heavy atom. The number of benzene rings is 1. The Labute approximate surface area is 100 Å². The quantitative estimate of drug-likeness (QED) is 0.586. The van der Waals surface area contributed by atoms with Gasteiger partial charge in [0.15, 0.2) is 0 Å². The van der Waals surface area contributed by atoms with Crippen molar-refractivity contribution in [3.8, 4) is 0 Å². The monoisotopic (exact) mass is 226 g/mol. The van der Waals surface area contributed by atoms with Crippen LogP contribution in [0.2, 0.25) is 0 Å². The van der Waals surface area contributed by atoms with Crippen LogP contribution in [-0.2, 0) is 4.79 Å². The molecule has 0 amide bonds. The van der Waals surface area contributed by atoms with Gasteiger partial charge in [-0.3, -0.25) is 9.80 Å². The van der Waals surface area contributed by atoms with Crippen LogP contribution in [0.1, 0.15) is 30.0 Å². The average molecular weight is 226 g/mol. The Morgan fingerprint density at radius 3 is 2.88 bits per heavy atom. The Bertz CT molecular complexity index is 489. The van der Waals surface area contributed by atoms with Gasteiger partial charge in [0.1, 0.15) is 6.29 Å². The van der Waals surface area contributed by atoms with E-state index < -0.39 is 0 Å². The van der Waals surface area contributed by atoms with Gasteiger partial charge in [-0.25, -0.2) is 0 Å². The van der Waals surface area contributed by atoms with Crippen molar-refractivity contribution >= 4 is 12.5 Å². The first-order valence-corrected chi connectivity index (χ1v) is 5.93. The van der Waals surface area contributed by atoms with E-state index in [9.17, 15) is 4.79 Å². The zero-order valence-corrected chi connectivity index (χ0v) is 9.49. The van der Waals surface area contributed by atoms with Crippen LogP contribution in [0.3, 0.4) is 0 Å².